The summed E-state index contributed by atoms with van der Waals surface area (Å²) >= 11 is 0. The molecule has 5 heteroatoms. The minimum Gasteiger partial charge on any atom is -0.326 e. The highest BCUT2D eigenvalue weighted by atomic mass is 32.2. The van der Waals surface area contributed by atoms with Gasteiger partial charge in [0.15, 0.2) is 0 Å². The molecule has 1 rings (SSSR count). The van der Waals surface area contributed by atoms with Gasteiger partial charge < -0.3 is 5.73 Å². The van der Waals surface area contributed by atoms with Gasteiger partial charge in [-0.3, -0.25) is 0 Å². The van der Waals surface area contributed by atoms with E-state index >= 15 is 0 Å². The van der Waals surface area contributed by atoms with Crippen molar-refractivity contribution in [3.05, 3.63) is 0 Å². The molecule has 84 valence electrons. The standard InChI is InChI=1S/C9H20N2O2S/c1-8(2)9(10)7-11-5-3-4-6-14(11,12)13/h8-9H,3-7,10H2,1-2H3. The first-order valence-electron chi connectivity index (χ1n) is 5.17. The van der Waals surface area contributed by atoms with Crippen molar-refractivity contribution >= 4 is 10.0 Å². The molecule has 0 bridgehead atoms. The van der Waals surface area contributed by atoms with E-state index < -0.39 is 10.0 Å². The Balaban J connectivity index is 2.58. The Labute approximate surface area is 86.5 Å². The van der Waals surface area contributed by atoms with Crippen LogP contribution >= 0.6 is 0 Å². The number of nitrogens with zero attached hydrogens (tertiary/aromatic N) is 1. The lowest BCUT2D eigenvalue weighted by Crippen LogP contribution is -2.46. The molecule has 1 aliphatic heterocycles. The number of nitrogens with two attached hydrogens (primary N) is 1. The molecule has 0 saturated carbocycles. The van der Waals surface area contributed by atoms with Crippen LogP contribution in [0.1, 0.15) is 26.7 Å². The van der Waals surface area contributed by atoms with Gasteiger partial charge in [0.05, 0.1) is 5.75 Å². The average Bonchev–Trinajstić information content (AvgIpc) is 2.08. The maximum Gasteiger partial charge on any atom is 0.214 e. The third-order valence-electron chi connectivity index (χ3n) is 2.72. The van der Waals surface area contributed by atoms with Gasteiger partial charge in [0.2, 0.25) is 10.0 Å². The second-order valence-electron chi connectivity index (χ2n) is 4.29. The molecule has 0 aliphatic carbocycles. The Morgan fingerprint density at radius 3 is 2.50 bits per heavy atom. The van der Waals surface area contributed by atoms with Gasteiger partial charge in [-0.1, -0.05) is 13.8 Å². The fraction of sp³-hybridized carbons (Fsp3) is 1.00. The van der Waals surface area contributed by atoms with Crippen molar-refractivity contribution in [2.75, 3.05) is 18.8 Å². The lowest BCUT2D eigenvalue weighted by molar-refractivity contribution is 0.329. The third kappa shape index (κ3) is 2.93. The predicted molar refractivity (Wildman–Crippen MR) is 57.4 cm³/mol. The first-order chi connectivity index (χ1) is 6.43. The van der Waals surface area contributed by atoms with Crippen molar-refractivity contribution < 1.29 is 8.42 Å². The minimum atomic E-state index is -3.00. The quantitative estimate of drug-likeness (QED) is 0.748. The molecule has 1 fully saturated rings. The van der Waals surface area contributed by atoms with Crippen molar-refractivity contribution in [1.82, 2.24) is 4.31 Å². The maximum absolute atomic E-state index is 11.6. The molecule has 0 aromatic rings. The highest BCUT2D eigenvalue weighted by molar-refractivity contribution is 7.89. The fourth-order valence-corrected chi connectivity index (χ4v) is 3.13. The van der Waals surface area contributed by atoms with E-state index in [0.717, 1.165) is 12.8 Å². The summed E-state index contributed by atoms with van der Waals surface area (Å²) in [5.41, 5.74) is 5.86. The molecule has 0 spiro atoms. The topological polar surface area (TPSA) is 63.4 Å². The summed E-state index contributed by atoms with van der Waals surface area (Å²) in [5, 5.41) is 0. The summed E-state index contributed by atoms with van der Waals surface area (Å²) in [6.45, 7) is 5.14. The van der Waals surface area contributed by atoms with Crippen LogP contribution in [-0.4, -0.2) is 37.6 Å². The third-order valence-corrected chi connectivity index (χ3v) is 4.65. The highest BCUT2D eigenvalue weighted by Gasteiger charge is 2.27. The van der Waals surface area contributed by atoms with E-state index in [1.54, 1.807) is 4.31 Å². The number of hydrogen-bond donors (Lipinski definition) is 1. The molecule has 1 unspecified atom stereocenters. The van der Waals surface area contributed by atoms with Crippen molar-refractivity contribution in [2.24, 2.45) is 11.7 Å². The van der Waals surface area contributed by atoms with E-state index in [1.165, 1.54) is 0 Å². The summed E-state index contributed by atoms with van der Waals surface area (Å²) in [4.78, 5) is 0. The minimum absolute atomic E-state index is 0.0529. The van der Waals surface area contributed by atoms with Gasteiger partial charge in [0.1, 0.15) is 0 Å². The molecular formula is C9H20N2O2S. The molecule has 1 atom stereocenters. The average molecular weight is 220 g/mol. The summed E-state index contributed by atoms with van der Waals surface area (Å²) < 4.78 is 24.8. The summed E-state index contributed by atoms with van der Waals surface area (Å²) in [6, 6.07) is -0.0529. The Hall–Kier alpha value is -0.130. The van der Waals surface area contributed by atoms with Crippen LogP contribution in [0.5, 0.6) is 0 Å². The molecule has 0 aromatic carbocycles. The summed E-state index contributed by atoms with van der Waals surface area (Å²) in [6.07, 6.45) is 1.75. The lowest BCUT2D eigenvalue weighted by Gasteiger charge is -2.29. The Bertz CT molecular complexity index is 275. The van der Waals surface area contributed by atoms with Gasteiger partial charge in [0.25, 0.3) is 0 Å². The normalized spacial score (nSPS) is 25.1. The molecule has 1 heterocycles. The molecule has 2 N–H and O–H groups in total. The summed E-state index contributed by atoms with van der Waals surface area (Å²) in [5.74, 6) is 0.616. The van der Waals surface area contributed by atoms with E-state index in [1.807, 2.05) is 13.8 Å². The Kier molecular flexibility index (Phi) is 3.92. The molecule has 4 nitrogen and oxygen atoms in total. The van der Waals surface area contributed by atoms with Gasteiger partial charge in [-0.05, 0) is 18.8 Å². The maximum atomic E-state index is 11.6. The van der Waals surface area contributed by atoms with Crippen molar-refractivity contribution in [3.63, 3.8) is 0 Å². The van der Waals surface area contributed by atoms with E-state index in [9.17, 15) is 8.42 Å². The molecular weight excluding hydrogens is 200 g/mol. The van der Waals surface area contributed by atoms with Gasteiger partial charge in [-0.15, -0.1) is 0 Å². The van der Waals surface area contributed by atoms with Crippen LogP contribution in [0, 0.1) is 5.92 Å². The molecule has 0 radical (unpaired) electrons. The first kappa shape index (κ1) is 11.9. The fourth-order valence-electron chi connectivity index (χ4n) is 1.49. The van der Waals surface area contributed by atoms with Gasteiger partial charge in [-0.25, -0.2) is 12.7 Å². The van der Waals surface area contributed by atoms with Crippen molar-refractivity contribution in [1.29, 1.82) is 0 Å². The van der Waals surface area contributed by atoms with Crippen molar-refractivity contribution in [2.45, 2.75) is 32.7 Å². The van der Waals surface area contributed by atoms with E-state index in [2.05, 4.69) is 0 Å². The molecule has 0 amide bonds. The highest BCUT2D eigenvalue weighted by Crippen LogP contribution is 2.14. The Morgan fingerprint density at radius 2 is 2.00 bits per heavy atom. The largest absolute Gasteiger partial charge is 0.326 e. The Morgan fingerprint density at radius 1 is 1.36 bits per heavy atom. The smallest absolute Gasteiger partial charge is 0.214 e. The van der Waals surface area contributed by atoms with Crippen LogP contribution in [0.2, 0.25) is 0 Å². The summed E-state index contributed by atoms with van der Waals surface area (Å²) in [7, 11) is -3.00. The zero-order valence-corrected chi connectivity index (χ0v) is 9.76. The first-order valence-corrected chi connectivity index (χ1v) is 6.78. The number of rotatable bonds is 3. The van der Waals surface area contributed by atoms with Gasteiger partial charge in [-0.2, -0.15) is 0 Å². The van der Waals surface area contributed by atoms with Gasteiger partial charge >= 0.3 is 0 Å². The van der Waals surface area contributed by atoms with Gasteiger partial charge in [0, 0.05) is 19.1 Å². The molecule has 14 heavy (non-hydrogen) atoms. The lowest BCUT2D eigenvalue weighted by atomic mass is 10.1. The van der Waals surface area contributed by atoms with E-state index in [-0.39, 0.29) is 11.8 Å². The predicted octanol–water partition coefficient (Wildman–Crippen LogP) is 0.395. The monoisotopic (exact) mass is 220 g/mol. The second kappa shape index (κ2) is 4.59. The number of sulfonamides is 1. The zero-order chi connectivity index (χ0) is 10.8. The molecule has 1 saturated heterocycles. The van der Waals surface area contributed by atoms with Crippen molar-refractivity contribution in [3.8, 4) is 0 Å². The van der Waals surface area contributed by atoms with Crippen LogP contribution in [-0.2, 0) is 10.0 Å². The molecule has 1 aliphatic rings. The van der Waals surface area contributed by atoms with E-state index in [0.29, 0.717) is 19.0 Å². The second-order valence-corrected chi connectivity index (χ2v) is 6.38. The van der Waals surface area contributed by atoms with Crippen LogP contribution in [0.25, 0.3) is 0 Å². The zero-order valence-electron chi connectivity index (χ0n) is 8.94. The van der Waals surface area contributed by atoms with Crippen LogP contribution in [0.4, 0.5) is 0 Å². The number of hydrogen-bond acceptors (Lipinski definition) is 3. The van der Waals surface area contributed by atoms with Crippen LogP contribution < -0.4 is 5.73 Å². The van der Waals surface area contributed by atoms with E-state index in [4.69, 9.17) is 5.73 Å². The van der Waals surface area contributed by atoms with Crippen LogP contribution in [0.3, 0.4) is 0 Å². The molecule has 0 aromatic heterocycles. The van der Waals surface area contributed by atoms with Crippen LogP contribution in [0.15, 0.2) is 0 Å². The SMILES string of the molecule is CC(C)C(N)CN1CCCCS1(=O)=O.